The number of amides is 1. The summed E-state index contributed by atoms with van der Waals surface area (Å²) in [6.45, 7) is 0.816. The van der Waals surface area contributed by atoms with Gasteiger partial charge < -0.3 is 4.90 Å². The second-order valence-electron chi connectivity index (χ2n) is 4.80. The molecule has 3 rings (SSSR count). The van der Waals surface area contributed by atoms with Crippen LogP contribution in [0, 0.1) is 0 Å². The molecule has 0 radical (unpaired) electrons. The number of benzene rings is 1. The highest BCUT2D eigenvalue weighted by Crippen LogP contribution is 2.36. The van der Waals surface area contributed by atoms with Crippen molar-refractivity contribution < 1.29 is 4.79 Å². The summed E-state index contributed by atoms with van der Waals surface area (Å²) in [5.74, 6) is 0.0736. The van der Waals surface area contributed by atoms with Gasteiger partial charge in [0.2, 0.25) is 0 Å². The molecule has 1 saturated heterocycles. The first-order valence-corrected chi connectivity index (χ1v) is 8.51. The molecule has 0 bridgehead atoms. The van der Waals surface area contributed by atoms with E-state index in [9.17, 15) is 4.79 Å². The Labute approximate surface area is 135 Å². The Bertz CT molecular complexity index is 629. The van der Waals surface area contributed by atoms with Crippen molar-refractivity contribution in [2.75, 3.05) is 6.54 Å². The summed E-state index contributed by atoms with van der Waals surface area (Å²) >= 11 is 11.1. The molecule has 1 aromatic heterocycles. The fraction of sp³-hybridized carbons (Fsp3) is 0.267. The fourth-order valence-corrected chi connectivity index (χ4v) is 4.33. The molecule has 0 saturated carbocycles. The SMILES string of the molecule is O=C(c1ccc(Cl)cc1Br)N1CCCC1c1cccs1. The number of carbonyl (C=O) groups is 1. The Kier molecular flexibility index (Phi) is 4.15. The zero-order valence-corrected chi connectivity index (χ0v) is 13.8. The quantitative estimate of drug-likeness (QED) is 0.716. The van der Waals surface area contributed by atoms with Gasteiger partial charge >= 0.3 is 0 Å². The van der Waals surface area contributed by atoms with Gasteiger partial charge in [0.15, 0.2) is 0 Å². The van der Waals surface area contributed by atoms with E-state index >= 15 is 0 Å². The third-order valence-corrected chi connectivity index (χ3v) is 5.41. The Morgan fingerprint density at radius 2 is 2.25 bits per heavy atom. The van der Waals surface area contributed by atoms with Crippen LogP contribution in [0.5, 0.6) is 0 Å². The van der Waals surface area contributed by atoms with Crippen molar-refractivity contribution in [2.24, 2.45) is 0 Å². The van der Waals surface area contributed by atoms with Crippen LogP contribution in [0.3, 0.4) is 0 Å². The van der Waals surface area contributed by atoms with Crippen LogP contribution in [0.4, 0.5) is 0 Å². The van der Waals surface area contributed by atoms with Crippen LogP contribution in [0.15, 0.2) is 40.2 Å². The summed E-state index contributed by atoms with van der Waals surface area (Å²) in [6, 6.07) is 9.68. The smallest absolute Gasteiger partial charge is 0.255 e. The van der Waals surface area contributed by atoms with Crippen LogP contribution in [-0.4, -0.2) is 17.4 Å². The Morgan fingerprint density at radius 3 is 2.95 bits per heavy atom. The Hall–Kier alpha value is -0.840. The molecule has 2 heterocycles. The van der Waals surface area contributed by atoms with Crippen LogP contribution < -0.4 is 0 Å². The molecule has 2 nitrogen and oxygen atoms in total. The van der Waals surface area contributed by atoms with Gasteiger partial charge in [-0.2, -0.15) is 0 Å². The van der Waals surface area contributed by atoms with Gasteiger partial charge in [-0.15, -0.1) is 11.3 Å². The predicted octanol–water partition coefficient (Wildman–Crippen LogP) is 5.14. The average Bonchev–Trinajstić information content (AvgIpc) is 3.09. The van der Waals surface area contributed by atoms with Gasteiger partial charge in [-0.05, 0) is 58.4 Å². The minimum absolute atomic E-state index is 0.0736. The third-order valence-electron chi connectivity index (χ3n) is 3.55. The standard InChI is InChI=1S/C15H13BrClNOS/c16-12-9-10(17)5-6-11(12)15(19)18-7-1-3-13(18)14-4-2-8-20-14/h2,4-6,8-9,13H,1,3,7H2. The molecule has 1 fully saturated rings. The summed E-state index contributed by atoms with van der Waals surface area (Å²) in [4.78, 5) is 16.0. The molecule has 0 N–H and O–H groups in total. The van der Waals surface area contributed by atoms with E-state index < -0.39 is 0 Å². The summed E-state index contributed by atoms with van der Waals surface area (Å²) in [6.07, 6.45) is 2.09. The van der Waals surface area contributed by atoms with Crippen molar-refractivity contribution >= 4 is 44.8 Å². The fourth-order valence-electron chi connectivity index (χ4n) is 2.60. The average molecular weight is 371 g/mol. The lowest BCUT2D eigenvalue weighted by Gasteiger charge is -2.24. The number of nitrogens with zero attached hydrogens (tertiary/aromatic N) is 1. The van der Waals surface area contributed by atoms with Crippen LogP contribution in [0.2, 0.25) is 5.02 Å². The number of halogens is 2. The van der Waals surface area contributed by atoms with Crippen LogP contribution >= 0.6 is 38.9 Å². The van der Waals surface area contributed by atoms with E-state index in [4.69, 9.17) is 11.6 Å². The number of hydrogen-bond acceptors (Lipinski definition) is 2. The maximum absolute atomic E-state index is 12.7. The van der Waals surface area contributed by atoms with Crippen molar-refractivity contribution in [2.45, 2.75) is 18.9 Å². The summed E-state index contributed by atoms with van der Waals surface area (Å²) in [5.41, 5.74) is 0.679. The molecule has 104 valence electrons. The van der Waals surface area contributed by atoms with Gasteiger partial charge in [-0.25, -0.2) is 0 Å². The lowest BCUT2D eigenvalue weighted by atomic mass is 10.1. The predicted molar refractivity (Wildman–Crippen MR) is 86.5 cm³/mol. The van der Waals surface area contributed by atoms with Gasteiger partial charge in [-0.3, -0.25) is 4.79 Å². The van der Waals surface area contributed by atoms with Crippen molar-refractivity contribution in [3.8, 4) is 0 Å². The number of hydrogen-bond donors (Lipinski definition) is 0. The van der Waals surface area contributed by atoms with Crippen LogP contribution in [-0.2, 0) is 0 Å². The molecule has 1 aliphatic rings. The molecule has 20 heavy (non-hydrogen) atoms. The molecular formula is C15H13BrClNOS. The van der Waals surface area contributed by atoms with E-state index in [1.165, 1.54) is 4.88 Å². The minimum atomic E-state index is 0.0736. The maximum Gasteiger partial charge on any atom is 0.255 e. The summed E-state index contributed by atoms with van der Waals surface area (Å²) in [7, 11) is 0. The molecule has 2 aromatic rings. The van der Waals surface area contributed by atoms with E-state index in [-0.39, 0.29) is 11.9 Å². The van der Waals surface area contributed by atoms with Gasteiger partial charge in [0.25, 0.3) is 5.91 Å². The maximum atomic E-state index is 12.7. The highest BCUT2D eigenvalue weighted by atomic mass is 79.9. The van der Waals surface area contributed by atoms with Crippen LogP contribution in [0.1, 0.15) is 34.1 Å². The molecular weight excluding hydrogens is 358 g/mol. The Balaban J connectivity index is 1.89. The van der Waals surface area contributed by atoms with Gasteiger partial charge in [0, 0.05) is 20.9 Å². The zero-order chi connectivity index (χ0) is 14.1. The number of carbonyl (C=O) groups excluding carboxylic acids is 1. The third kappa shape index (κ3) is 2.65. The van der Waals surface area contributed by atoms with Crippen molar-refractivity contribution in [3.05, 3.63) is 55.6 Å². The molecule has 1 unspecified atom stereocenters. The molecule has 5 heteroatoms. The molecule has 1 aromatic carbocycles. The first-order chi connectivity index (χ1) is 9.66. The topological polar surface area (TPSA) is 20.3 Å². The van der Waals surface area contributed by atoms with Crippen molar-refractivity contribution in [1.82, 2.24) is 4.90 Å². The van der Waals surface area contributed by atoms with Crippen molar-refractivity contribution in [1.29, 1.82) is 0 Å². The highest BCUT2D eigenvalue weighted by Gasteiger charge is 2.31. The summed E-state index contributed by atoms with van der Waals surface area (Å²) < 4.78 is 0.756. The van der Waals surface area contributed by atoms with E-state index in [1.807, 2.05) is 11.0 Å². The zero-order valence-electron chi connectivity index (χ0n) is 10.7. The molecule has 1 aliphatic heterocycles. The van der Waals surface area contributed by atoms with Crippen LogP contribution in [0.25, 0.3) is 0 Å². The Morgan fingerprint density at radius 1 is 1.40 bits per heavy atom. The van der Waals surface area contributed by atoms with Gasteiger partial charge in [-0.1, -0.05) is 17.7 Å². The second-order valence-corrected chi connectivity index (χ2v) is 7.07. The lowest BCUT2D eigenvalue weighted by molar-refractivity contribution is 0.0737. The van der Waals surface area contributed by atoms with Gasteiger partial charge in [0.1, 0.15) is 0 Å². The largest absolute Gasteiger partial charge is 0.331 e. The van der Waals surface area contributed by atoms with E-state index in [0.29, 0.717) is 10.6 Å². The first-order valence-electron chi connectivity index (χ1n) is 6.46. The minimum Gasteiger partial charge on any atom is -0.331 e. The number of likely N-dealkylation sites (tertiary alicyclic amines) is 1. The number of rotatable bonds is 2. The molecule has 1 atom stereocenters. The van der Waals surface area contributed by atoms with E-state index in [2.05, 4.69) is 27.4 Å². The monoisotopic (exact) mass is 369 g/mol. The normalized spacial score (nSPS) is 18.5. The molecule has 0 aliphatic carbocycles. The molecule has 1 amide bonds. The van der Waals surface area contributed by atoms with E-state index in [1.54, 1.807) is 29.5 Å². The van der Waals surface area contributed by atoms with Gasteiger partial charge in [0.05, 0.1) is 11.6 Å². The van der Waals surface area contributed by atoms with E-state index in [0.717, 1.165) is 23.9 Å². The molecule has 0 spiro atoms. The first kappa shape index (κ1) is 14.1. The summed E-state index contributed by atoms with van der Waals surface area (Å²) in [5, 5.41) is 2.69. The lowest BCUT2D eigenvalue weighted by Crippen LogP contribution is -2.30. The highest BCUT2D eigenvalue weighted by molar-refractivity contribution is 9.10. The second kappa shape index (κ2) is 5.88. The number of thiophene rings is 1. The van der Waals surface area contributed by atoms with Crippen molar-refractivity contribution in [3.63, 3.8) is 0 Å².